The first-order valence-electron chi connectivity index (χ1n) is 10.0. The summed E-state index contributed by atoms with van der Waals surface area (Å²) in [5.74, 6) is -0.269. The van der Waals surface area contributed by atoms with Crippen LogP contribution in [-0.2, 0) is 33.2 Å². The molecule has 0 radical (unpaired) electrons. The van der Waals surface area contributed by atoms with Crippen molar-refractivity contribution in [1.29, 1.82) is 0 Å². The van der Waals surface area contributed by atoms with Gasteiger partial charge in [-0.25, -0.2) is 17.9 Å². The fourth-order valence-corrected chi connectivity index (χ4v) is 6.18. The lowest BCUT2D eigenvalue weighted by Crippen LogP contribution is -2.45. The molecule has 2 N–H and O–H groups in total. The Kier molecular flexibility index (Phi) is 6.57. The Morgan fingerprint density at radius 1 is 1.09 bits per heavy atom. The van der Waals surface area contributed by atoms with Gasteiger partial charge in [-0.2, -0.15) is 12.7 Å². The summed E-state index contributed by atoms with van der Waals surface area (Å²) in [7, 11) is -7.45. The number of benzene rings is 2. The minimum Gasteiger partial charge on any atom is -0.356 e. The van der Waals surface area contributed by atoms with Gasteiger partial charge in [0.05, 0.1) is 11.1 Å². The highest BCUT2D eigenvalue weighted by Crippen LogP contribution is 2.24. The summed E-state index contributed by atoms with van der Waals surface area (Å²) in [5, 5.41) is 4.85. The highest BCUT2D eigenvalue weighted by Gasteiger charge is 2.27. The predicted molar refractivity (Wildman–Crippen MR) is 121 cm³/mol. The van der Waals surface area contributed by atoms with E-state index in [2.05, 4.69) is 14.6 Å². The molecule has 172 valence electrons. The lowest BCUT2D eigenvalue weighted by atomic mass is 10.0. The molecule has 9 nitrogen and oxygen atoms in total. The van der Waals surface area contributed by atoms with E-state index >= 15 is 0 Å². The maximum atomic E-state index is 12.7. The van der Waals surface area contributed by atoms with Gasteiger partial charge in [-0.3, -0.25) is 0 Å². The summed E-state index contributed by atoms with van der Waals surface area (Å²) in [6, 6.07) is 9.91. The predicted octanol–water partition coefficient (Wildman–Crippen LogP) is 2.29. The monoisotopic (exact) mass is 498 g/mol. The fraction of sp³-hybridized carbons (Fsp3) is 0.350. The molecule has 1 unspecified atom stereocenters. The van der Waals surface area contributed by atoms with E-state index < -0.39 is 20.2 Å². The van der Waals surface area contributed by atoms with Crippen molar-refractivity contribution in [3.63, 3.8) is 0 Å². The standard InChI is InChI=1S/C20H23ClN4O5S2/c1-14(10-23-31(26,27)19-4-5-20-17(9-19)12-22-30-20)11-24-32(28,29)25-7-6-15-8-18(21)3-2-16(15)13-25/h2-5,8-9,12,14,23-24H,6-7,10-11,13H2,1H3. The van der Waals surface area contributed by atoms with Crippen molar-refractivity contribution in [2.75, 3.05) is 19.6 Å². The molecule has 0 bridgehead atoms. The quantitative estimate of drug-likeness (QED) is 0.491. The summed E-state index contributed by atoms with van der Waals surface area (Å²) in [5.41, 5.74) is 2.47. The fourth-order valence-electron chi connectivity index (χ4n) is 3.46. The number of nitrogens with one attached hydrogen (secondary N) is 2. The van der Waals surface area contributed by atoms with Crippen molar-refractivity contribution in [1.82, 2.24) is 18.9 Å². The van der Waals surface area contributed by atoms with E-state index in [0.29, 0.717) is 29.0 Å². The molecule has 1 atom stereocenters. The number of nitrogens with zero attached hydrogens (tertiary/aromatic N) is 2. The van der Waals surface area contributed by atoms with Gasteiger partial charge in [0.1, 0.15) is 0 Å². The molecule has 12 heteroatoms. The van der Waals surface area contributed by atoms with Crippen LogP contribution in [0.3, 0.4) is 0 Å². The molecule has 2 heterocycles. The van der Waals surface area contributed by atoms with Crippen molar-refractivity contribution >= 4 is 42.8 Å². The van der Waals surface area contributed by atoms with Gasteiger partial charge in [0, 0.05) is 36.6 Å². The highest BCUT2D eigenvalue weighted by atomic mass is 35.5. The molecule has 1 aliphatic rings. The number of halogens is 1. The molecule has 0 saturated carbocycles. The Morgan fingerprint density at radius 2 is 1.88 bits per heavy atom. The van der Waals surface area contributed by atoms with Crippen molar-refractivity contribution < 1.29 is 21.4 Å². The van der Waals surface area contributed by atoms with Crippen LogP contribution < -0.4 is 9.44 Å². The minimum absolute atomic E-state index is 0.0772. The zero-order valence-corrected chi connectivity index (χ0v) is 19.7. The third kappa shape index (κ3) is 5.13. The number of rotatable bonds is 8. The molecule has 1 aliphatic heterocycles. The Bertz CT molecular complexity index is 1340. The average molecular weight is 499 g/mol. The summed E-state index contributed by atoms with van der Waals surface area (Å²) in [6.07, 6.45) is 2.03. The van der Waals surface area contributed by atoms with E-state index in [1.54, 1.807) is 19.1 Å². The first-order chi connectivity index (χ1) is 15.1. The second-order valence-electron chi connectivity index (χ2n) is 7.83. The molecule has 0 fully saturated rings. The molecule has 2 aromatic carbocycles. The number of fused-ring (bicyclic) bond motifs is 2. The van der Waals surface area contributed by atoms with Gasteiger partial charge in [-0.1, -0.05) is 29.7 Å². The lowest BCUT2D eigenvalue weighted by molar-refractivity contribution is 0.380. The molecule has 3 aromatic rings. The number of hydrogen-bond donors (Lipinski definition) is 2. The SMILES string of the molecule is CC(CNS(=O)(=O)c1ccc2oncc2c1)CNS(=O)(=O)N1CCc2cc(Cl)ccc2C1. The number of aromatic nitrogens is 1. The molecular formula is C20H23ClN4O5S2. The Morgan fingerprint density at radius 3 is 2.69 bits per heavy atom. The Balaban J connectivity index is 1.32. The van der Waals surface area contributed by atoms with Gasteiger partial charge >= 0.3 is 0 Å². The number of hydrogen-bond acceptors (Lipinski definition) is 6. The highest BCUT2D eigenvalue weighted by molar-refractivity contribution is 7.89. The van der Waals surface area contributed by atoms with Crippen molar-refractivity contribution in [2.24, 2.45) is 5.92 Å². The van der Waals surface area contributed by atoms with Crippen LogP contribution >= 0.6 is 11.6 Å². The maximum absolute atomic E-state index is 12.7. The molecule has 32 heavy (non-hydrogen) atoms. The van der Waals surface area contributed by atoms with Gasteiger partial charge in [0.25, 0.3) is 10.2 Å². The lowest BCUT2D eigenvalue weighted by Gasteiger charge is -2.28. The smallest absolute Gasteiger partial charge is 0.279 e. The molecular weight excluding hydrogens is 476 g/mol. The van der Waals surface area contributed by atoms with Gasteiger partial charge < -0.3 is 4.52 Å². The molecule has 1 aromatic heterocycles. The van der Waals surface area contributed by atoms with Gasteiger partial charge in [0.2, 0.25) is 10.0 Å². The van der Waals surface area contributed by atoms with Crippen molar-refractivity contribution in [2.45, 2.75) is 24.8 Å². The van der Waals surface area contributed by atoms with Gasteiger partial charge in [-0.15, -0.1) is 0 Å². The van der Waals surface area contributed by atoms with Crippen LogP contribution in [0.2, 0.25) is 5.02 Å². The van der Waals surface area contributed by atoms with E-state index in [0.717, 1.165) is 11.1 Å². The average Bonchev–Trinajstić information content (AvgIpc) is 3.24. The topological polar surface area (TPSA) is 122 Å². The van der Waals surface area contributed by atoms with Gasteiger partial charge in [0.15, 0.2) is 5.58 Å². The van der Waals surface area contributed by atoms with E-state index in [1.165, 1.54) is 22.6 Å². The van der Waals surface area contributed by atoms with Crippen LogP contribution in [0.15, 0.2) is 52.0 Å². The molecule has 0 saturated heterocycles. The van der Waals surface area contributed by atoms with Crippen LogP contribution in [-0.4, -0.2) is 45.9 Å². The van der Waals surface area contributed by atoms with E-state index in [1.807, 2.05) is 12.1 Å². The minimum atomic E-state index is -3.75. The first-order valence-corrected chi connectivity index (χ1v) is 13.3. The Hall–Kier alpha value is -2.02. The van der Waals surface area contributed by atoms with Crippen molar-refractivity contribution in [3.8, 4) is 0 Å². The normalized spacial score (nSPS) is 16.2. The molecule has 0 amide bonds. The number of sulfonamides is 1. The van der Waals surface area contributed by atoms with Crippen LogP contribution in [0.5, 0.6) is 0 Å². The van der Waals surface area contributed by atoms with Crippen LogP contribution in [0.1, 0.15) is 18.1 Å². The summed E-state index contributed by atoms with van der Waals surface area (Å²) in [6.45, 7) is 2.57. The Labute approximate surface area is 192 Å². The summed E-state index contributed by atoms with van der Waals surface area (Å²) in [4.78, 5) is 0.0908. The molecule has 4 rings (SSSR count). The van der Waals surface area contributed by atoms with E-state index in [-0.39, 0.29) is 30.4 Å². The van der Waals surface area contributed by atoms with Crippen molar-refractivity contribution in [3.05, 3.63) is 58.7 Å². The zero-order valence-electron chi connectivity index (χ0n) is 17.3. The van der Waals surface area contributed by atoms with Crippen LogP contribution in [0.25, 0.3) is 11.0 Å². The van der Waals surface area contributed by atoms with Crippen LogP contribution in [0, 0.1) is 5.92 Å². The maximum Gasteiger partial charge on any atom is 0.279 e. The molecule has 0 spiro atoms. The van der Waals surface area contributed by atoms with Crippen LogP contribution in [0.4, 0.5) is 0 Å². The third-order valence-corrected chi connectivity index (χ3v) is 8.54. The summed E-state index contributed by atoms with van der Waals surface area (Å²) >= 11 is 6.01. The second kappa shape index (κ2) is 9.08. The van der Waals surface area contributed by atoms with E-state index in [9.17, 15) is 16.8 Å². The zero-order chi connectivity index (χ0) is 22.9. The second-order valence-corrected chi connectivity index (χ2v) is 11.8. The first kappa shape index (κ1) is 23.1. The van der Waals surface area contributed by atoms with E-state index in [4.69, 9.17) is 16.1 Å². The summed E-state index contributed by atoms with van der Waals surface area (Å²) < 4.78 is 62.1. The van der Waals surface area contributed by atoms with Gasteiger partial charge in [-0.05, 0) is 53.8 Å². The third-order valence-electron chi connectivity index (χ3n) is 5.36. The largest absolute Gasteiger partial charge is 0.356 e. The molecule has 0 aliphatic carbocycles.